The lowest BCUT2D eigenvalue weighted by molar-refractivity contribution is -0.139. The predicted octanol–water partition coefficient (Wildman–Crippen LogP) is -0.261. The molecule has 5 nitrogen and oxygen atoms in total. The zero-order chi connectivity index (χ0) is 8.43. The third-order valence-corrected chi connectivity index (χ3v) is 1.65. The van der Waals surface area contributed by atoms with Gasteiger partial charge in [0.25, 0.3) is 0 Å². The monoisotopic (exact) mass is 178 g/mol. The molecule has 0 saturated carbocycles. The third kappa shape index (κ3) is 1.81. The van der Waals surface area contributed by atoms with E-state index in [2.05, 4.69) is 9.99 Å². The van der Waals surface area contributed by atoms with E-state index >= 15 is 0 Å². The van der Waals surface area contributed by atoms with Crippen molar-refractivity contribution in [3.63, 3.8) is 0 Å². The van der Waals surface area contributed by atoms with Crippen LogP contribution in [-0.2, 0) is 9.63 Å². The molecule has 0 aromatic carbocycles. The van der Waals surface area contributed by atoms with Gasteiger partial charge in [0.05, 0.1) is 6.42 Å². The number of nitrogens with zero attached hydrogens (tertiary/aromatic N) is 1. The minimum absolute atomic E-state index is 0.122. The molecular formula is C5H7ClN2O3. The molecule has 3 N–H and O–H groups in total. The third-order valence-electron chi connectivity index (χ3n) is 1.33. The fourth-order valence-electron chi connectivity index (χ4n) is 0.734. The van der Waals surface area contributed by atoms with Gasteiger partial charge in [0, 0.05) is 0 Å². The van der Waals surface area contributed by atoms with Crippen LogP contribution in [0.25, 0.3) is 0 Å². The zero-order valence-corrected chi connectivity index (χ0v) is 6.28. The van der Waals surface area contributed by atoms with Gasteiger partial charge in [-0.1, -0.05) is 16.8 Å². The summed E-state index contributed by atoms with van der Waals surface area (Å²) in [5, 5.41) is 11.8. The Kier molecular flexibility index (Phi) is 2.31. The van der Waals surface area contributed by atoms with E-state index in [1.807, 2.05) is 0 Å². The maximum Gasteiger partial charge on any atom is 0.307 e. The van der Waals surface area contributed by atoms with E-state index in [0.717, 1.165) is 0 Å². The van der Waals surface area contributed by atoms with Crippen LogP contribution in [0.3, 0.4) is 0 Å². The summed E-state index contributed by atoms with van der Waals surface area (Å²) in [7, 11) is 0. The van der Waals surface area contributed by atoms with Crippen LogP contribution < -0.4 is 5.73 Å². The van der Waals surface area contributed by atoms with Crippen molar-refractivity contribution in [3.05, 3.63) is 0 Å². The van der Waals surface area contributed by atoms with E-state index in [9.17, 15) is 4.79 Å². The molecule has 0 saturated heterocycles. The van der Waals surface area contributed by atoms with Crippen LogP contribution in [0.5, 0.6) is 0 Å². The highest BCUT2D eigenvalue weighted by atomic mass is 35.5. The van der Waals surface area contributed by atoms with Gasteiger partial charge in [-0.05, 0) is 0 Å². The number of carboxylic acids is 1. The molecule has 0 aromatic rings. The molecule has 0 spiro atoms. The van der Waals surface area contributed by atoms with Crippen LogP contribution in [0.15, 0.2) is 5.16 Å². The molecule has 1 unspecified atom stereocenters. The summed E-state index contributed by atoms with van der Waals surface area (Å²) in [6, 6.07) is -0.604. The van der Waals surface area contributed by atoms with Crippen molar-refractivity contribution in [2.45, 2.75) is 18.6 Å². The van der Waals surface area contributed by atoms with Gasteiger partial charge in [0.1, 0.15) is 6.04 Å². The number of oxime groups is 1. The standard InChI is InChI=1S/C5H7ClN2O3/c6-5-4(7)2(11-8-5)1-3(9)10/h2,4H,1,7H2,(H,9,10)/t2-,4?/m0/s1. The fraction of sp³-hybridized carbons (Fsp3) is 0.600. The second-order valence-corrected chi connectivity index (χ2v) is 2.57. The van der Waals surface area contributed by atoms with E-state index in [0.29, 0.717) is 0 Å². The first-order valence-corrected chi connectivity index (χ1v) is 3.35. The largest absolute Gasteiger partial charge is 0.481 e. The van der Waals surface area contributed by atoms with Crippen molar-refractivity contribution in [2.75, 3.05) is 0 Å². The molecule has 1 heterocycles. The zero-order valence-electron chi connectivity index (χ0n) is 5.53. The molecule has 62 valence electrons. The Morgan fingerprint density at radius 3 is 2.91 bits per heavy atom. The second kappa shape index (κ2) is 3.06. The molecule has 6 heteroatoms. The summed E-state index contributed by atoms with van der Waals surface area (Å²) in [5.74, 6) is -0.980. The molecular weight excluding hydrogens is 172 g/mol. The highest BCUT2D eigenvalue weighted by Gasteiger charge is 2.31. The number of aliphatic carboxylic acids is 1. The van der Waals surface area contributed by atoms with E-state index in [-0.39, 0.29) is 11.6 Å². The van der Waals surface area contributed by atoms with Crippen molar-refractivity contribution < 1.29 is 14.7 Å². The molecule has 0 amide bonds. The van der Waals surface area contributed by atoms with Crippen LogP contribution in [0.4, 0.5) is 0 Å². The average molecular weight is 179 g/mol. The highest BCUT2D eigenvalue weighted by molar-refractivity contribution is 6.66. The summed E-state index contributed by atoms with van der Waals surface area (Å²) < 4.78 is 0. The highest BCUT2D eigenvalue weighted by Crippen LogP contribution is 2.14. The first kappa shape index (κ1) is 8.29. The summed E-state index contributed by atoms with van der Waals surface area (Å²) in [5.41, 5.74) is 5.42. The van der Waals surface area contributed by atoms with Crippen LogP contribution in [0.2, 0.25) is 0 Å². The van der Waals surface area contributed by atoms with E-state index in [1.165, 1.54) is 0 Å². The van der Waals surface area contributed by atoms with E-state index < -0.39 is 18.1 Å². The van der Waals surface area contributed by atoms with Crippen molar-refractivity contribution in [1.82, 2.24) is 0 Å². The molecule has 11 heavy (non-hydrogen) atoms. The first-order valence-electron chi connectivity index (χ1n) is 2.98. The van der Waals surface area contributed by atoms with Gasteiger partial charge >= 0.3 is 5.97 Å². The van der Waals surface area contributed by atoms with Gasteiger partial charge in [-0.2, -0.15) is 0 Å². The van der Waals surface area contributed by atoms with Gasteiger partial charge in [0.2, 0.25) is 0 Å². The predicted molar refractivity (Wildman–Crippen MR) is 38.4 cm³/mol. The lowest BCUT2D eigenvalue weighted by Crippen LogP contribution is -2.37. The van der Waals surface area contributed by atoms with Gasteiger partial charge in [-0.15, -0.1) is 0 Å². The Morgan fingerprint density at radius 2 is 2.55 bits per heavy atom. The van der Waals surface area contributed by atoms with Crippen LogP contribution in [0, 0.1) is 0 Å². The van der Waals surface area contributed by atoms with Crippen LogP contribution >= 0.6 is 11.6 Å². The number of carbonyl (C=O) groups is 1. The van der Waals surface area contributed by atoms with Gasteiger partial charge in [-0.25, -0.2) is 0 Å². The van der Waals surface area contributed by atoms with Crippen molar-refractivity contribution in [1.29, 1.82) is 0 Å². The number of nitrogens with two attached hydrogens (primary N) is 1. The second-order valence-electron chi connectivity index (χ2n) is 2.18. The Morgan fingerprint density at radius 1 is 1.91 bits per heavy atom. The van der Waals surface area contributed by atoms with Crippen LogP contribution in [0.1, 0.15) is 6.42 Å². The summed E-state index contributed by atoms with van der Waals surface area (Å²) in [6.07, 6.45) is -0.805. The molecule has 1 aliphatic heterocycles. The van der Waals surface area contributed by atoms with Gasteiger partial charge in [0.15, 0.2) is 11.3 Å². The SMILES string of the molecule is NC1C(Cl)=NO[C@H]1CC(=O)O. The number of hydrogen-bond acceptors (Lipinski definition) is 4. The molecule has 0 radical (unpaired) electrons. The van der Waals surface area contributed by atoms with Crippen molar-refractivity contribution in [3.8, 4) is 0 Å². The topological polar surface area (TPSA) is 84.9 Å². The molecule has 0 aliphatic carbocycles. The molecule has 0 aromatic heterocycles. The molecule has 0 bridgehead atoms. The van der Waals surface area contributed by atoms with E-state index in [4.69, 9.17) is 22.4 Å². The lowest BCUT2D eigenvalue weighted by atomic mass is 10.1. The number of carboxylic acid groups (broad SMARTS) is 1. The summed E-state index contributed by atoms with van der Waals surface area (Å²) in [4.78, 5) is 14.8. The molecule has 1 rings (SSSR count). The maximum absolute atomic E-state index is 10.2. The Hall–Kier alpha value is -0.810. The van der Waals surface area contributed by atoms with Gasteiger partial charge < -0.3 is 15.7 Å². The lowest BCUT2D eigenvalue weighted by Gasteiger charge is -2.09. The Labute approximate surface area is 67.8 Å². The number of rotatable bonds is 2. The van der Waals surface area contributed by atoms with E-state index in [1.54, 1.807) is 0 Å². The maximum atomic E-state index is 10.2. The Balaban J connectivity index is 2.47. The summed E-state index contributed by atoms with van der Waals surface area (Å²) in [6.45, 7) is 0. The van der Waals surface area contributed by atoms with Crippen molar-refractivity contribution >= 4 is 22.7 Å². The minimum atomic E-state index is -0.980. The smallest absolute Gasteiger partial charge is 0.307 e. The number of halogens is 1. The van der Waals surface area contributed by atoms with Gasteiger partial charge in [-0.3, -0.25) is 4.79 Å². The normalized spacial score (nSPS) is 29.5. The Bertz CT molecular complexity index is 206. The quantitative estimate of drug-likeness (QED) is 0.610. The fourth-order valence-corrected chi connectivity index (χ4v) is 0.915. The molecule has 2 atom stereocenters. The van der Waals surface area contributed by atoms with Crippen LogP contribution in [-0.4, -0.2) is 28.4 Å². The van der Waals surface area contributed by atoms with Crippen molar-refractivity contribution in [2.24, 2.45) is 10.9 Å². The first-order chi connectivity index (χ1) is 5.11. The number of hydrogen-bond donors (Lipinski definition) is 2. The molecule has 0 fully saturated rings. The minimum Gasteiger partial charge on any atom is -0.481 e. The molecule has 1 aliphatic rings. The summed E-state index contributed by atoms with van der Waals surface area (Å²) >= 11 is 5.45. The average Bonchev–Trinajstić information content (AvgIpc) is 2.18.